The number of carboxylic acid groups (broad SMARTS) is 1. The summed E-state index contributed by atoms with van der Waals surface area (Å²) >= 11 is 0. The largest absolute Gasteiger partial charge is 0.481 e. The average Bonchev–Trinajstić information content (AvgIpc) is 3.59. The minimum Gasteiger partial charge on any atom is -0.481 e. The van der Waals surface area contributed by atoms with Crippen LogP contribution >= 0.6 is 0 Å². The smallest absolute Gasteiger partial charge is 0.310 e. The minimum atomic E-state index is -1.24. The molecule has 4 heterocycles. The molecule has 2 bridgehead atoms. The molecule has 2 aromatic rings. The van der Waals surface area contributed by atoms with E-state index in [-0.39, 0.29) is 25.7 Å². The van der Waals surface area contributed by atoms with E-state index in [1.807, 2.05) is 31.2 Å². The van der Waals surface area contributed by atoms with Gasteiger partial charge in [-0.2, -0.15) is 0 Å². The maximum absolute atomic E-state index is 14.2. The van der Waals surface area contributed by atoms with Gasteiger partial charge in [-0.25, -0.2) is 4.68 Å². The fraction of sp³-hybridized carbons (Fsp3) is 0.542. The lowest BCUT2D eigenvalue weighted by atomic mass is 9.70. The first kappa shape index (κ1) is 23.4. The number of carbonyl (C=O) groups excluding carboxylic acids is 2. The highest BCUT2D eigenvalue weighted by Crippen LogP contribution is 2.59. The van der Waals surface area contributed by atoms with Crippen molar-refractivity contribution >= 4 is 28.8 Å². The van der Waals surface area contributed by atoms with Crippen LogP contribution in [0.15, 0.2) is 36.9 Å². The number of rotatable bonds is 9. The Bertz CT molecular complexity index is 1180. The Balaban J connectivity index is 1.56. The van der Waals surface area contributed by atoms with E-state index in [9.17, 15) is 24.6 Å². The number of aliphatic hydroxyl groups excluding tert-OH is 1. The van der Waals surface area contributed by atoms with Gasteiger partial charge in [0, 0.05) is 6.54 Å². The van der Waals surface area contributed by atoms with Crippen LogP contribution in [0.25, 0.3) is 11.0 Å². The topological polar surface area (TPSA) is 138 Å². The summed E-state index contributed by atoms with van der Waals surface area (Å²) in [6.07, 6.45) is 2.25. The van der Waals surface area contributed by atoms with Crippen LogP contribution in [0.3, 0.4) is 0 Å². The van der Waals surface area contributed by atoms with Crippen molar-refractivity contribution in [3.63, 3.8) is 0 Å². The Morgan fingerprint density at radius 3 is 2.86 bits per heavy atom. The van der Waals surface area contributed by atoms with E-state index in [1.54, 1.807) is 10.8 Å². The molecule has 2 amide bonds. The van der Waals surface area contributed by atoms with Gasteiger partial charge in [0.2, 0.25) is 11.8 Å². The molecule has 0 aliphatic carbocycles. The number of aromatic nitrogens is 3. The number of likely N-dealkylation sites (tertiary alicyclic amines) is 1. The van der Waals surface area contributed by atoms with E-state index in [0.717, 1.165) is 5.52 Å². The van der Waals surface area contributed by atoms with Crippen LogP contribution in [0.2, 0.25) is 0 Å². The Morgan fingerprint density at radius 2 is 2.17 bits per heavy atom. The third-order valence-corrected chi connectivity index (χ3v) is 7.72. The summed E-state index contributed by atoms with van der Waals surface area (Å²) in [4.78, 5) is 42.9. The van der Waals surface area contributed by atoms with Crippen LogP contribution in [0.1, 0.15) is 26.2 Å². The predicted molar refractivity (Wildman–Crippen MR) is 123 cm³/mol. The fourth-order valence-electron chi connectivity index (χ4n) is 6.19. The highest BCUT2D eigenvalue weighted by Gasteiger charge is 2.75. The summed E-state index contributed by atoms with van der Waals surface area (Å²) in [6, 6.07) is 5.69. The molecule has 0 unspecified atom stereocenters. The molecule has 1 aromatic heterocycles. The minimum absolute atomic E-state index is 0.0619. The molecule has 6 atom stereocenters. The van der Waals surface area contributed by atoms with E-state index >= 15 is 0 Å². The summed E-state index contributed by atoms with van der Waals surface area (Å²) < 4.78 is 7.83. The zero-order chi connectivity index (χ0) is 24.9. The molecule has 11 heteroatoms. The second-order valence-corrected chi connectivity index (χ2v) is 9.45. The molecule has 11 nitrogen and oxygen atoms in total. The average molecular weight is 484 g/mol. The number of nitrogens with zero attached hydrogens (tertiary/aromatic N) is 5. The van der Waals surface area contributed by atoms with Crippen molar-refractivity contribution in [2.45, 2.75) is 56.6 Å². The maximum Gasteiger partial charge on any atom is 0.310 e. The number of para-hydroxylation sites is 1. The molecule has 186 valence electrons. The van der Waals surface area contributed by atoms with Gasteiger partial charge in [-0.15, -0.1) is 11.7 Å². The van der Waals surface area contributed by atoms with Crippen LogP contribution in [-0.4, -0.2) is 89.7 Å². The van der Waals surface area contributed by atoms with Gasteiger partial charge in [0.25, 0.3) is 0 Å². The molecule has 3 aliphatic rings. The predicted octanol–water partition coefficient (Wildman–Crippen LogP) is 0.634. The molecule has 3 aliphatic heterocycles. The zero-order valence-corrected chi connectivity index (χ0v) is 19.5. The van der Waals surface area contributed by atoms with E-state index in [0.29, 0.717) is 24.8 Å². The number of carbonyl (C=O) groups is 3. The van der Waals surface area contributed by atoms with Crippen molar-refractivity contribution < 1.29 is 29.3 Å². The number of fused-ring (bicyclic) bond motifs is 2. The van der Waals surface area contributed by atoms with Crippen LogP contribution in [-0.2, 0) is 25.8 Å². The highest BCUT2D eigenvalue weighted by atomic mass is 16.5. The van der Waals surface area contributed by atoms with Crippen LogP contribution in [0.4, 0.5) is 0 Å². The number of carboxylic acids is 1. The fourth-order valence-corrected chi connectivity index (χ4v) is 6.19. The zero-order valence-electron chi connectivity index (χ0n) is 19.5. The number of ether oxygens (including phenoxy) is 1. The lowest BCUT2D eigenvalue weighted by Crippen LogP contribution is -2.58. The summed E-state index contributed by atoms with van der Waals surface area (Å²) in [5, 5.41) is 28.3. The first-order chi connectivity index (χ1) is 16.9. The van der Waals surface area contributed by atoms with E-state index in [4.69, 9.17) is 4.74 Å². The number of hydrogen-bond donors (Lipinski definition) is 2. The Kier molecular flexibility index (Phi) is 5.84. The molecule has 35 heavy (non-hydrogen) atoms. The van der Waals surface area contributed by atoms with Gasteiger partial charge in [0.15, 0.2) is 0 Å². The number of benzene rings is 1. The van der Waals surface area contributed by atoms with Gasteiger partial charge in [-0.05, 0) is 31.4 Å². The van der Waals surface area contributed by atoms with Gasteiger partial charge >= 0.3 is 5.97 Å². The van der Waals surface area contributed by atoms with Crippen molar-refractivity contribution in [1.29, 1.82) is 0 Å². The van der Waals surface area contributed by atoms with Gasteiger partial charge in [0.1, 0.15) is 23.8 Å². The van der Waals surface area contributed by atoms with Crippen molar-refractivity contribution in [3.05, 3.63) is 36.9 Å². The summed E-state index contributed by atoms with van der Waals surface area (Å²) in [5.74, 6) is -3.91. The van der Waals surface area contributed by atoms with Crippen LogP contribution < -0.4 is 0 Å². The van der Waals surface area contributed by atoms with Gasteiger partial charge in [-0.3, -0.25) is 14.4 Å². The second-order valence-electron chi connectivity index (χ2n) is 9.45. The first-order valence-electron chi connectivity index (χ1n) is 11.9. The summed E-state index contributed by atoms with van der Waals surface area (Å²) in [6.45, 7) is 5.49. The number of aliphatic hydroxyl groups is 1. The third kappa shape index (κ3) is 3.36. The molecule has 2 N–H and O–H groups in total. The number of hydrogen-bond acceptors (Lipinski definition) is 7. The van der Waals surface area contributed by atoms with E-state index < -0.39 is 47.5 Å². The molecular formula is C24H29N5O6. The van der Waals surface area contributed by atoms with Gasteiger partial charge in [0.05, 0.1) is 36.1 Å². The highest BCUT2D eigenvalue weighted by molar-refractivity contribution is 5.98. The van der Waals surface area contributed by atoms with Crippen molar-refractivity contribution in [3.8, 4) is 0 Å². The van der Waals surface area contributed by atoms with Crippen LogP contribution in [0.5, 0.6) is 0 Å². The Morgan fingerprint density at radius 1 is 1.40 bits per heavy atom. The van der Waals surface area contributed by atoms with Gasteiger partial charge in [-0.1, -0.05) is 30.3 Å². The number of amides is 2. The standard InChI is InChI=1S/C24H29N5O6/c1-3-11-27(13-28-16-8-6-5-7-15(16)25-26-28)22(32)20-24-10-9-17(35-24)18(23(33)34)19(24)21(31)29(20)14(4-2)12-30/h3,5-8,14,17-20,30H,1,4,9-13H2,2H3,(H,33,34)/t14-,17-,18+,19+,20-,24+/m0/s1. The molecule has 3 saturated heterocycles. The summed E-state index contributed by atoms with van der Waals surface area (Å²) in [7, 11) is 0. The second kappa shape index (κ2) is 8.72. The molecule has 0 radical (unpaired) electrons. The molecule has 3 fully saturated rings. The third-order valence-electron chi connectivity index (χ3n) is 7.72. The molecule has 1 spiro atoms. The van der Waals surface area contributed by atoms with Crippen molar-refractivity contribution in [1.82, 2.24) is 24.8 Å². The quantitative estimate of drug-likeness (QED) is 0.496. The van der Waals surface area contributed by atoms with Crippen molar-refractivity contribution in [2.24, 2.45) is 11.8 Å². The van der Waals surface area contributed by atoms with E-state index in [2.05, 4.69) is 16.9 Å². The monoisotopic (exact) mass is 483 g/mol. The van der Waals surface area contributed by atoms with Gasteiger partial charge < -0.3 is 24.7 Å². The Hall–Kier alpha value is -3.31. The summed E-state index contributed by atoms with van der Waals surface area (Å²) in [5.41, 5.74) is 0.188. The lowest BCUT2D eigenvalue weighted by Gasteiger charge is -2.39. The van der Waals surface area contributed by atoms with E-state index in [1.165, 1.54) is 9.80 Å². The lowest BCUT2D eigenvalue weighted by molar-refractivity contribution is -0.154. The number of aliphatic carboxylic acids is 1. The normalized spacial score (nSPS) is 30.0. The molecular weight excluding hydrogens is 454 g/mol. The molecule has 5 rings (SSSR count). The Labute approximate surface area is 201 Å². The maximum atomic E-state index is 14.2. The SMILES string of the molecule is C=CCN(Cn1nnc2ccccc21)C(=O)[C@@H]1N([C@@H](CC)CO)C(=O)[C@H]2[C@H](C(=O)O)[C@@H]3CC[C@]12O3. The molecule has 0 saturated carbocycles. The van der Waals surface area contributed by atoms with Crippen LogP contribution in [0, 0.1) is 11.8 Å². The molecule has 1 aromatic carbocycles. The van der Waals surface area contributed by atoms with Crippen molar-refractivity contribution in [2.75, 3.05) is 13.2 Å². The first-order valence-corrected chi connectivity index (χ1v) is 11.9.